The van der Waals surface area contributed by atoms with E-state index >= 15 is 0 Å². The molecule has 8 heteroatoms. The van der Waals surface area contributed by atoms with Crippen LogP contribution in [0.4, 0.5) is 0 Å². The van der Waals surface area contributed by atoms with Gasteiger partial charge in [0, 0.05) is 19.5 Å². The second-order valence-electron chi connectivity index (χ2n) is 6.73. The molecule has 2 fully saturated rings. The quantitative estimate of drug-likeness (QED) is 0.494. The predicted molar refractivity (Wildman–Crippen MR) is 94.0 cm³/mol. The smallest absolute Gasteiger partial charge is 0.322 e. The van der Waals surface area contributed by atoms with Gasteiger partial charge in [-0.05, 0) is 18.4 Å². The van der Waals surface area contributed by atoms with Crippen LogP contribution in [0.1, 0.15) is 24.8 Å². The lowest BCUT2D eigenvalue weighted by atomic mass is 10.0. The van der Waals surface area contributed by atoms with Crippen molar-refractivity contribution >= 4 is 17.8 Å². The number of nitrogens with zero attached hydrogens (tertiary/aromatic N) is 1. The minimum absolute atomic E-state index is 0.281. The Balaban J connectivity index is 1.63. The van der Waals surface area contributed by atoms with Crippen molar-refractivity contribution in [1.82, 2.24) is 21.1 Å². The first-order chi connectivity index (χ1) is 12.5. The van der Waals surface area contributed by atoms with Crippen LogP contribution in [-0.2, 0) is 20.8 Å². The maximum atomic E-state index is 12.7. The first kappa shape index (κ1) is 18.3. The zero-order chi connectivity index (χ0) is 18.5. The number of benzene rings is 1. The lowest BCUT2D eigenvalue weighted by Gasteiger charge is -2.29. The van der Waals surface area contributed by atoms with E-state index in [1.807, 2.05) is 35.3 Å². The highest BCUT2D eigenvalue weighted by Gasteiger charge is 2.48. The molecule has 2 aliphatic rings. The average molecular weight is 360 g/mol. The third-order valence-corrected chi connectivity index (χ3v) is 4.67. The van der Waals surface area contributed by atoms with Crippen molar-refractivity contribution < 1.29 is 19.5 Å². The molecule has 0 unspecified atom stereocenters. The summed E-state index contributed by atoms with van der Waals surface area (Å²) in [6, 6.07) is 7.00. The minimum Gasteiger partial charge on any atom is -0.480 e. The number of nitrogens with one attached hydrogen (secondary N) is 3. The topological polar surface area (TPSA) is 121 Å². The van der Waals surface area contributed by atoms with E-state index in [1.54, 1.807) is 0 Å². The largest absolute Gasteiger partial charge is 0.480 e. The molecule has 8 nitrogen and oxygen atoms in total. The highest BCUT2D eigenvalue weighted by molar-refractivity contribution is 5.97. The Morgan fingerprint density at radius 3 is 2.42 bits per heavy atom. The van der Waals surface area contributed by atoms with E-state index in [0.717, 1.165) is 37.9 Å². The van der Waals surface area contributed by atoms with Crippen LogP contribution in [0.15, 0.2) is 30.3 Å². The summed E-state index contributed by atoms with van der Waals surface area (Å²) in [5.74, 6) is -1.81. The van der Waals surface area contributed by atoms with Crippen molar-refractivity contribution in [3.8, 4) is 0 Å². The van der Waals surface area contributed by atoms with Crippen molar-refractivity contribution in [3.63, 3.8) is 0 Å². The van der Waals surface area contributed by atoms with Crippen LogP contribution in [0, 0.1) is 0 Å². The number of carboxylic acids is 1. The van der Waals surface area contributed by atoms with Crippen molar-refractivity contribution in [2.45, 2.75) is 43.8 Å². The van der Waals surface area contributed by atoms with Gasteiger partial charge in [-0.3, -0.25) is 25.1 Å². The molecule has 1 aromatic rings. The van der Waals surface area contributed by atoms with Crippen LogP contribution < -0.4 is 16.1 Å². The Labute approximate surface area is 151 Å². The second-order valence-corrected chi connectivity index (χ2v) is 6.73. The number of hydrazine groups is 1. The minimum atomic E-state index is -1.07. The van der Waals surface area contributed by atoms with Gasteiger partial charge in [0.15, 0.2) is 0 Å². The molecule has 4 N–H and O–H groups in total. The van der Waals surface area contributed by atoms with Gasteiger partial charge < -0.3 is 10.4 Å². The SMILES string of the molecule is O=C(NN1CCCCC1)[C@H](Cc1ccccc1)NC(=O)[C@H]1N[C@@H]1C(=O)O. The Bertz CT molecular complexity index is 660. The van der Waals surface area contributed by atoms with E-state index < -0.39 is 30.0 Å². The van der Waals surface area contributed by atoms with Crippen molar-refractivity contribution in [2.24, 2.45) is 0 Å². The molecule has 3 atom stereocenters. The number of carbonyl (C=O) groups is 3. The summed E-state index contributed by atoms with van der Waals surface area (Å²) in [7, 11) is 0. The highest BCUT2D eigenvalue weighted by Crippen LogP contribution is 2.13. The standard InChI is InChI=1S/C18H24N4O4/c23-16(21-22-9-5-2-6-10-22)13(11-12-7-3-1-4-8-12)19-17(24)14-15(20-14)18(25)26/h1,3-4,7-8,13-15,20H,2,5-6,9-11H2,(H,19,24)(H,21,23)(H,25,26)/t13-,14-,15-/m0/s1. The van der Waals surface area contributed by atoms with Gasteiger partial charge in [-0.25, -0.2) is 5.01 Å². The van der Waals surface area contributed by atoms with Gasteiger partial charge in [0.2, 0.25) is 5.91 Å². The van der Waals surface area contributed by atoms with Crippen LogP contribution in [0.2, 0.25) is 0 Å². The van der Waals surface area contributed by atoms with E-state index in [1.165, 1.54) is 0 Å². The first-order valence-electron chi connectivity index (χ1n) is 8.93. The van der Waals surface area contributed by atoms with Crippen LogP contribution in [0.5, 0.6) is 0 Å². The van der Waals surface area contributed by atoms with E-state index in [9.17, 15) is 14.4 Å². The number of hydrogen-bond acceptors (Lipinski definition) is 5. The predicted octanol–water partition coefficient (Wildman–Crippen LogP) is -0.344. The lowest BCUT2D eigenvalue weighted by molar-refractivity contribution is -0.137. The molecule has 0 aliphatic carbocycles. The van der Waals surface area contributed by atoms with Gasteiger partial charge in [0.1, 0.15) is 18.1 Å². The zero-order valence-electron chi connectivity index (χ0n) is 14.5. The number of hydrogen-bond donors (Lipinski definition) is 4. The van der Waals surface area contributed by atoms with E-state index in [2.05, 4.69) is 16.1 Å². The fourth-order valence-corrected chi connectivity index (χ4v) is 3.14. The van der Waals surface area contributed by atoms with Crippen LogP contribution in [0.25, 0.3) is 0 Å². The van der Waals surface area contributed by atoms with Crippen molar-refractivity contribution in [2.75, 3.05) is 13.1 Å². The molecule has 0 spiro atoms. The molecule has 1 aromatic carbocycles. The summed E-state index contributed by atoms with van der Waals surface area (Å²) in [5, 5.41) is 16.1. The average Bonchev–Trinajstić information content (AvgIpc) is 3.44. The molecule has 3 rings (SSSR count). The van der Waals surface area contributed by atoms with Gasteiger partial charge >= 0.3 is 5.97 Å². The monoisotopic (exact) mass is 360 g/mol. The van der Waals surface area contributed by atoms with Gasteiger partial charge in [0.25, 0.3) is 5.91 Å². The van der Waals surface area contributed by atoms with Gasteiger partial charge in [-0.2, -0.15) is 0 Å². The summed E-state index contributed by atoms with van der Waals surface area (Å²) < 4.78 is 0. The Morgan fingerprint density at radius 2 is 1.81 bits per heavy atom. The van der Waals surface area contributed by atoms with E-state index in [4.69, 9.17) is 5.11 Å². The molecule has 2 aliphatic heterocycles. The van der Waals surface area contributed by atoms with Crippen LogP contribution >= 0.6 is 0 Å². The fraction of sp³-hybridized carbons (Fsp3) is 0.500. The number of aliphatic carboxylic acids is 1. The molecule has 0 saturated carbocycles. The van der Waals surface area contributed by atoms with Crippen LogP contribution in [-0.4, -0.2) is 59.1 Å². The zero-order valence-corrected chi connectivity index (χ0v) is 14.5. The van der Waals surface area contributed by atoms with E-state index in [-0.39, 0.29) is 5.91 Å². The van der Waals surface area contributed by atoms with Gasteiger partial charge in [0.05, 0.1) is 0 Å². The number of carboxylic acid groups (broad SMARTS) is 1. The fourth-order valence-electron chi connectivity index (χ4n) is 3.14. The molecule has 140 valence electrons. The molecule has 2 heterocycles. The normalized spacial score (nSPS) is 23.7. The second kappa shape index (κ2) is 8.29. The third kappa shape index (κ3) is 4.80. The third-order valence-electron chi connectivity index (χ3n) is 4.67. The molecular weight excluding hydrogens is 336 g/mol. The maximum absolute atomic E-state index is 12.7. The van der Waals surface area contributed by atoms with E-state index in [0.29, 0.717) is 6.42 Å². The Morgan fingerprint density at radius 1 is 1.12 bits per heavy atom. The lowest BCUT2D eigenvalue weighted by Crippen LogP contribution is -2.55. The molecule has 0 radical (unpaired) electrons. The highest BCUT2D eigenvalue weighted by atomic mass is 16.4. The number of piperidine rings is 1. The summed E-state index contributed by atoms with van der Waals surface area (Å²) in [6.07, 6.45) is 3.56. The van der Waals surface area contributed by atoms with Crippen LogP contribution in [0.3, 0.4) is 0 Å². The number of amides is 2. The first-order valence-corrected chi connectivity index (χ1v) is 8.93. The molecule has 2 amide bonds. The summed E-state index contributed by atoms with van der Waals surface area (Å²) in [6.45, 7) is 1.59. The molecular formula is C18H24N4O4. The maximum Gasteiger partial charge on any atom is 0.322 e. The number of rotatable bonds is 7. The Kier molecular flexibility index (Phi) is 5.85. The summed E-state index contributed by atoms with van der Waals surface area (Å²) in [4.78, 5) is 35.9. The van der Waals surface area contributed by atoms with Gasteiger partial charge in [-0.1, -0.05) is 36.8 Å². The molecule has 0 bridgehead atoms. The summed E-state index contributed by atoms with van der Waals surface area (Å²) >= 11 is 0. The van der Waals surface area contributed by atoms with Crippen molar-refractivity contribution in [3.05, 3.63) is 35.9 Å². The van der Waals surface area contributed by atoms with Gasteiger partial charge in [-0.15, -0.1) is 0 Å². The molecule has 2 saturated heterocycles. The number of carbonyl (C=O) groups excluding carboxylic acids is 2. The molecule has 26 heavy (non-hydrogen) atoms. The van der Waals surface area contributed by atoms with Crippen molar-refractivity contribution in [1.29, 1.82) is 0 Å². The molecule has 0 aromatic heterocycles. The Hall–Kier alpha value is -2.45. The summed E-state index contributed by atoms with van der Waals surface area (Å²) in [5.41, 5.74) is 3.80.